The number of halogens is 4. The lowest BCUT2D eigenvalue weighted by molar-refractivity contribution is -0.137. The Morgan fingerprint density at radius 3 is 2.81 bits per heavy atom. The van der Waals surface area contributed by atoms with Crippen LogP contribution in [0.15, 0.2) is 24.4 Å². The van der Waals surface area contributed by atoms with Crippen LogP contribution in [0.25, 0.3) is 0 Å². The van der Waals surface area contributed by atoms with Crippen LogP contribution < -0.4 is 10.6 Å². The van der Waals surface area contributed by atoms with Crippen LogP contribution in [-0.2, 0) is 22.1 Å². The Balaban J connectivity index is 1.70. The van der Waals surface area contributed by atoms with Crippen LogP contribution in [0.4, 0.5) is 35.0 Å². The van der Waals surface area contributed by atoms with E-state index in [4.69, 9.17) is 4.74 Å². The molecule has 1 aromatic heterocycles. The van der Waals surface area contributed by atoms with Crippen molar-refractivity contribution in [1.29, 1.82) is 0 Å². The molecule has 1 aliphatic heterocycles. The summed E-state index contributed by atoms with van der Waals surface area (Å²) in [7, 11) is 0. The average molecular weight is 455 g/mol. The second-order valence-electron chi connectivity index (χ2n) is 7.26. The highest BCUT2D eigenvalue weighted by molar-refractivity contribution is 5.76. The molecule has 0 atom stereocenters. The first kappa shape index (κ1) is 23.7. The molecule has 7 nitrogen and oxygen atoms in total. The topological polar surface area (TPSA) is 79.4 Å². The summed E-state index contributed by atoms with van der Waals surface area (Å²) < 4.78 is 59.0. The summed E-state index contributed by atoms with van der Waals surface area (Å²) in [6.45, 7) is 3.71. The monoisotopic (exact) mass is 455 g/mol. The summed E-state index contributed by atoms with van der Waals surface area (Å²) in [5, 5.41) is 5.57. The van der Waals surface area contributed by atoms with Gasteiger partial charge in [0.15, 0.2) is 0 Å². The van der Waals surface area contributed by atoms with Gasteiger partial charge in [0.1, 0.15) is 17.2 Å². The van der Waals surface area contributed by atoms with E-state index in [1.165, 1.54) is 18.2 Å². The van der Waals surface area contributed by atoms with Crippen LogP contribution in [0.5, 0.6) is 0 Å². The molecule has 1 fully saturated rings. The number of hydrogen-bond acceptors (Lipinski definition) is 6. The Bertz CT molecular complexity index is 939. The Kier molecular flexibility index (Phi) is 7.84. The maximum absolute atomic E-state index is 13.4. The maximum Gasteiger partial charge on any atom is 0.421 e. The number of aromatic nitrogens is 2. The van der Waals surface area contributed by atoms with Crippen molar-refractivity contribution in [2.45, 2.75) is 32.4 Å². The molecule has 0 radical (unpaired) electrons. The molecular formula is C21H25F4N5O2. The van der Waals surface area contributed by atoms with E-state index in [-0.39, 0.29) is 24.2 Å². The average Bonchev–Trinajstić information content (AvgIpc) is 2.95. The van der Waals surface area contributed by atoms with Crippen molar-refractivity contribution in [3.05, 3.63) is 41.3 Å². The van der Waals surface area contributed by atoms with Crippen molar-refractivity contribution in [2.75, 3.05) is 43.5 Å². The lowest BCUT2D eigenvalue weighted by atomic mass is 10.1. The molecule has 2 N–H and O–H groups in total. The SMILES string of the molecule is CCc1cc(F)ccc1Nc1ncc(C(F)(F)F)c(NCCCN2CCOCCC2=O)n1. The fourth-order valence-electron chi connectivity index (χ4n) is 3.31. The van der Waals surface area contributed by atoms with Gasteiger partial charge in [-0.15, -0.1) is 0 Å². The molecule has 2 aromatic rings. The van der Waals surface area contributed by atoms with Crippen molar-refractivity contribution >= 4 is 23.4 Å². The zero-order valence-electron chi connectivity index (χ0n) is 17.6. The molecule has 0 saturated carbocycles. The van der Waals surface area contributed by atoms with Gasteiger partial charge in [0.05, 0.1) is 19.6 Å². The van der Waals surface area contributed by atoms with Crippen LogP contribution >= 0.6 is 0 Å². The first-order valence-corrected chi connectivity index (χ1v) is 10.4. The molecule has 0 unspecified atom stereocenters. The van der Waals surface area contributed by atoms with E-state index in [1.54, 1.807) is 4.90 Å². The van der Waals surface area contributed by atoms with Gasteiger partial charge in [-0.1, -0.05) is 6.92 Å². The number of aryl methyl sites for hydroxylation is 1. The van der Waals surface area contributed by atoms with Crippen LogP contribution in [0.2, 0.25) is 0 Å². The summed E-state index contributed by atoms with van der Waals surface area (Å²) in [6.07, 6.45) is -2.67. The molecule has 1 aromatic carbocycles. The van der Waals surface area contributed by atoms with E-state index in [9.17, 15) is 22.4 Å². The zero-order valence-corrected chi connectivity index (χ0v) is 17.6. The highest BCUT2D eigenvalue weighted by Crippen LogP contribution is 2.34. The number of anilines is 3. The number of ether oxygens (including phenoxy) is 1. The summed E-state index contributed by atoms with van der Waals surface area (Å²) in [5.74, 6) is -0.835. The van der Waals surface area contributed by atoms with E-state index in [2.05, 4.69) is 20.6 Å². The van der Waals surface area contributed by atoms with Gasteiger partial charge in [-0.05, 0) is 36.6 Å². The van der Waals surface area contributed by atoms with Crippen molar-refractivity contribution < 1.29 is 27.1 Å². The van der Waals surface area contributed by atoms with E-state index >= 15 is 0 Å². The molecular weight excluding hydrogens is 430 g/mol. The van der Waals surface area contributed by atoms with Crippen molar-refractivity contribution in [2.24, 2.45) is 0 Å². The molecule has 174 valence electrons. The third kappa shape index (κ3) is 6.28. The number of rotatable bonds is 8. The standard InChI is InChI=1S/C21H25F4N5O2/c1-2-14-12-15(22)4-5-17(14)28-20-27-13-16(21(23,24)25)19(29-20)26-7-3-8-30-9-11-32-10-6-18(30)31/h4-5,12-13H,2-3,6-11H2,1H3,(H2,26,27,28,29). The van der Waals surface area contributed by atoms with Gasteiger partial charge < -0.3 is 20.3 Å². The molecule has 0 spiro atoms. The maximum atomic E-state index is 13.4. The van der Waals surface area contributed by atoms with E-state index in [0.717, 1.165) is 0 Å². The minimum Gasteiger partial charge on any atom is -0.379 e. The number of nitrogens with zero attached hydrogens (tertiary/aromatic N) is 3. The van der Waals surface area contributed by atoms with Crippen LogP contribution in [-0.4, -0.2) is 53.6 Å². The van der Waals surface area contributed by atoms with Crippen LogP contribution in [0, 0.1) is 5.82 Å². The van der Waals surface area contributed by atoms with Gasteiger partial charge in [0.2, 0.25) is 11.9 Å². The van der Waals surface area contributed by atoms with Crippen LogP contribution in [0.1, 0.15) is 30.9 Å². The second-order valence-corrected chi connectivity index (χ2v) is 7.26. The van der Waals surface area contributed by atoms with Gasteiger partial charge in [-0.2, -0.15) is 18.2 Å². The predicted octanol–water partition coefficient (Wildman–Crippen LogP) is 3.99. The molecule has 3 rings (SSSR count). The normalized spacial score (nSPS) is 14.9. The summed E-state index contributed by atoms with van der Waals surface area (Å²) in [6, 6.07) is 4.09. The smallest absolute Gasteiger partial charge is 0.379 e. The number of hydrogen-bond donors (Lipinski definition) is 2. The van der Waals surface area contributed by atoms with Gasteiger partial charge in [0.25, 0.3) is 0 Å². The summed E-state index contributed by atoms with van der Waals surface area (Å²) >= 11 is 0. The minimum atomic E-state index is -4.64. The van der Waals surface area contributed by atoms with Crippen molar-refractivity contribution in [1.82, 2.24) is 14.9 Å². The highest BCUT2D eigenvalue weighted by atomic mass is 19.4. The third-order valence-corrected chi connectivity index (χ3v) is 5.00. The fourth-order valence-corrected chi connectivity index (χ4v) is 3.31. The minimum absolute atomic E-state index is 0.0296. The molecule has 0 bridgehead atoms. The Morgan fingerprint density at radius 1 is 1.25 bits per heavy atom. The highest BCUT2D eigenvalue weighted by Gasteiger charge is 2.35. The Labute approximate surface area is 183 Å². The summed E-state index contributed by atoms with van der Waals surface area (Å²) in [5.41, 5.74) is 0.174. The molecule has 1 saturated heterocycles. The lowest BCUT2D eigenvalue weighted by Crippen LogP contribution is -2.33. The quantitative estimate of drug-likeness (QED) is 0.463. The van der Waals surface area contributed by atoms with Crippen molar-refractivity contribution in [3.63, 3.8) is 0 Å². The van der Waals surface area contributed by atoms with Crippen LogP contribution in [0.3, 0.4) is 0 Å². The molecule has 0 aliphatic carbocycles. The number of alkyl halides is 3. The van der Waals surface area contributed by atoms with E-state index in [1.807, 2.05) is 6.92 Å². The van der Waals surface area contributed by atoms with Gasteiger partial charge in [-0.3, -0.25) is 4.79 Å². The fraction of sp³-hybridized carbons (Fsp3) is 0.476. The number of carbonyl (C=O) groups excluding carboxylic acids is 1. The first-order chi connectivity index (χ1) is 15.3. The molecule has 11 heteroatoms. The number of carbonyl (C=O) groups is 1. The van der Waals surface area contributed by atoms with Gasteiger partial charge >= 0.3 is 6.18 Å². The predicted molar refractivity (Wildman–Crippen MR) is 111 cm³/mol. The molecule has 1 amide bonds. The van der Waals surface area contributed by atoms with Gasteiger partial charge in [-0.25, -0.2) is 9.37 Å². The molecule has 32 heavy (non-hydrogen) atoms. The summed E-state index contributed by atoms with van der Waals surface area (Å²) in [4.78, 5) is 21.4. The van der Waals surface area contributed by atoms with E-state index in [0.29, 0.717) is 63.0 Å². The Morgan fingerprint density at radius 2 is 2.06 bits per heavy atom. The Hall–Kier alpha value is -2.95. The number of benzene rings is 1. The molecule has 2 heterocycles. The second kappa shape index (κ2) is 10.6. The zero-order chi connectivity index (χ0) is 23.1. The molecule has 1 aliphatic rings. The largest absolute Gasteiger partial charge is 0.421 e. The van der Waals surface area contributed by atoms with E-state index < -0.39 is 17.6 Å². The number of amides is 1. The lowest BCUT2D eigenvalue weighted by Gasteiger charge is -2.20. The first-order valence-electron chi connectivity index (χ1n) is 10.4. The third-order valence-electron chi connectivity index (χ3n) is 5.00. The van der Waals surface area contributed by atoms with Crippen molar-refractivity contribution in [3.8, 4) is 0 Å². The number of nitrogens with one attached hydrogen (secondary N) is 2. The van der Waals surface area contributed by atoms with Gasteiger partial charge in [0, 0.05) is 31.5 Å².